The van der Waals surface area contributed by atoms with Crippen molar-refractivity contribution < 1.29 is 24.3 Å². The zero-order valence-corrected chi connectivity index (χ0v) is 9.73. The van der Waals surface area contributed by atoms with Crippen molar-refractivity contribution in [2.24, 2.45) is 0 Å². The predicted molar refractivity (Wildman–Crippen MR) is 60.0 cm³/mol. The van der Waals surface area contributed by atoms with Gasteiger partial charge in [0.25, 0.3) is 11.3 Å². The summed E-state index contributed by atoms with van der Waals surface area (Å²) in [6, 6.07) is -1.12. The third kappa shape index (κ3) is 1.94. The van der Waals surface area contributed by atoms with E-state index in [1.54, 1.807) is 6.92 Å². The molecular weight excluding hydrogens is 258 g/mol. The quantitative estimate of drug-likeness (QED) is 0.797. The zero-order valence-electron chi connectivity index (χ0n) is 9.73. The summed E-state index contributed by atoms with van der Waals surface area (Å²) in [5, 5.41) is 20.8. The third-order valence-electron chi connectivity index (χ3n) is 2.63. The molecule has 2 heterocycles. The Morgan fingerprint density at radius 3 is 2.68 bits per heavy atom. The van der Waals surface area contributed by atoms with Crippen molar-refractivity contribution in [2.75, 3.05) is 0 Å². The van der Waals surface area contributed by atoms with Crippen molar-refractivity contribution >= 4 is 23.0 Å². The molecule has 0 amide bonds. The molecule has 0 aliphatic carbocycles. The summed E-state index contributed by atoms with van der Waals surface area (Å²) in [6.07, 6.45) is 1.15. The maximum Gasteiger partial charge on any atom is 0.359 e. The first-order valence-corrected chi connectivity index (χ1v) is 5.30. The van der Waals surface area contributed by atoms with Crippen LogP contribution in [-0.4, -0.2) is 36.9 Å². The highest BCUT2D eigenvalue weighted by Crippen LogP contribution is 2.14. The summed E-state index contributed by atoms with van der Waals surface area (Å²) in [6.45, 7) is 1.58. The predicted octanol–water partition coefficient (Wildman–Crippen LogP) is 0.118. The van der Waals surface area contributed by atoms with E-state index in [-0.39, 0.29) is 17.5 Å². The number of aliphatic carboxylic acids is 1. The van der Waals surface area contributed by atoms with Gasteiger partial charge in [-0.1, -0.05) is 12.1 Å². The van der Waals surface area contributed by atoms with Crippen LogP contribution in [0.4, 0.5) is 0 Å². The molecule has 9 heteroatoms. The van der Waals surface area contributed by atoms with Gasteiger partial charge in [0, 0.05) is 0 Å². The summed E-state index contributed by atoms with van der Waals surface area (Å²) >= 11 is 0. The molecule has 0 radical (unpaired) electrons. The average Bonchev–Trinajstić information content (AvgIpc) is 2.77. The Bertz CT molecular complexity index is 716. The molecule has 2 aromatic heterocycles. The summed E-state index contributed by atoms with van der Waals surface area (Å²) in [4.78, 5) is 37.8. The number of carbonyl (C=O) groups is 2. The molecule has 2 aromatic rings. The van der Waals surface area contributed by atoms with Gasteiger partial charge in [-0.05, 0) is 6.42 Å². The molecule has 0 spiro atoms. The van der Waals surface area contributed by atoms with Gasteiger partial charge in [-0.25, -0.2) is 14.6 Å². The Kier molecular flexibility index (Phi) is 3.03. The summed E-state index contributed by atoms with van der Waals surface area (Å²) in [5.74, 6) is -2.65. The lowest BCUT2D eigenvalue weighted by Gasteiger charge is -2.12. The first-order valence-electron chi connectivity index (χ1n) is 5.30. The number of rotatable bonds is 4. The molecule has 19 heavy (non-hydrogen) atoms. The summed E-state index contributed by atoms with van der Waals surface area (Å²) < 4.78 is 5.47. The van der Waals surface area contributed by atoms with Gasteiger partial charge < -0.3 is 14.7 Å². The Labute approximate surface area is 105 Å². The first kappa shape index (κ1) is 12.7. The van der Waals surface area contributed by atoms with Gasteiger partial charge >= 0.3 is 11.9 Å². The number of carboxylic acid groups (broad SMARTS) is 2. The Hall–Kier alpha value is -2.71. The van der Waals surface area contributed by atoms with E-state index in [4.69, 9.17) is 10.2 Å². The number of nitrogens with zero attached hydrogens (tertiary/aromatic N) is 3. The minimum Gasteiger partial charge on any atom is -0.480 e. The number of aromatic carboxylic acids is 1. The molecule has 0 saturated carbocycles. The molecule has 0 saturated heterocycles. The number of hydrogen-bond donors (Lipinski definition) is 2. The van der Waals surface area contributed by atoms with Crippen LogP contribution in [0.25, 0.3) is 11.1 Å². The third-order valence-corrected chi connectivity index (χ3v) is 2.63. The fraction of sp³-hybridized carbons (Fsp3) is 0.300. The van der Waals surface area contributed by atoms with Crippen LogP contribution in [0.3, 0.4) is 0 Å². The largest absolute Gasteiger partial charge is 0.480 e. The average molecular weight is 267 g/mol. The maximum atomic E-state index is 12.1. The van der Waals surface area contributed by atoms with E-state index in [1.807, 2.05) is 0 Å². The second kappa shape index (κ2) is 4.52. The highest BCUT2D eigenvalue weighted by molar-refractivity contribution is 5.98. The van der Waals surface area contributed by atoms with Gasteiger partial charge in [-0.15, -0.1) is 0 Å². The maximum absolute atomic E-state index is 12.1. The van der Waals surface area contributed by atoms with E-state index in [1.165, 1.54) is 0 Å². The van der Waals surface area contributed by atoms with Crippen LogP contribution < -0.4 is 5.56 Å². The smallest absolute Gasteiger partial charge is 0.359 e. The SMILES string of the molecule is CCC(C(=O)O)n1cnc2onc(C(=O)O)c2c1=O. The fourth-order valence-electron chi connectivity index (χ4n) is 1.72. The second-order valence-electron chi connectivity index (χ2n) is 3.74. The molecule has 0 aromatic carbocycles. The van der Waals surface area contributed by atoms with Crippen molar-refractivity contribution in [1.29, 1.82) is 0 Å². The van der Waals surface area contributed by atoms with E-state index in [0.29, 0.717) is 0 Å². The lowest BCUT2D eigenvalue weighted by atomic mass is 10.2. The van der Waals surface area contributed by atoms with Crippen LogP contribution in [-0.2, 0) is 4.79 Å². The van der Waals surface area contributed by atoms with Crippen molar-refractivity contribution in [3.63, 3.8) is 0 Å². The highest BCUT2D eigenvalue weighted by atomic mass is 16.5. The van der Waals surface area contributed by atoms with Gasteiger partial charge in [-0.2, -0.15) is 0 Å². The van der Waals surface area contributed by atoms with Gasteiger partial charge in [0.05, 0.1) is 0 Å². The van der Waals surface area contributed by atoms with E-state index in [2.05, 4.69) is 14.7 Å². The molecule has 0 fully saturated rings. The molecule has 0 aliphatic heterocycles. The summed E-state index contributed by atoms with van der Waals surface area (Å²) in [5.41, 5.74) is -1.63. The van der Waals surface area contributed by atoms with Crippen molar-refractivity contribution in [3.8, 4) is 0 Å². The lowest BCUT2D eigenvalue weighted by Crippen LogP contribution is -2.30. The van der Waals surface area contributed by atoms with Gasteiger partial charge in [0.2, 0.25) is 5.69 Å². The van der Waals surface area contributed by atoms with Crippen LogP contribution in [0.15, 0.2) is 15.6 Å². The van der Waals surface area contributed by atoms with Gasteiger partial charge in [-0.3, -0.25) is 9.36 Å². The number of carboxylic acids is 2. The summed E-state index contributed by atoms with van der Waals surface area (Å²) in [7, 11) is 0. The highest BCUT2D eigenvalue weighted by Gasteiger charge is 2.25. The van der Waals surface area contributed by atoms with Crippen LogP contribution in [0.1, 0.15) is 29.9 Å². The standard InChI is InChI=1S/C10H9N3O6/c1-2-4(9(15)16)13-3-11-7-5(8(13)14)6(10(17)18)12-19-7/h3-4H,2H2,1H3,(H,15,16)(H,17,18). The molecule has 0 aliphatic rings. The van der Waals surface area contributed by atoms with Gasteiger partial charge in [0.1, 0.15) is 17.8 Å². The number of fused-ring (bicyclic) bond motifs is 1. The molecule has 2 N–H and O–H groups in total. The molecule has 9 nitrogen and oxygen atoms in total. The monoisotopic (exact) mass is 267 g/mol. The van der Waals surface area contributed by atoms with Crippen molar-refractivity contribution in [2.45, 2.75) is 19.4 Å². The van der Waals surface area contributed by atoms with Crippen LogP contribution in [0.2, 0.25) is 0 Å². The van der Waals surface area contributed by atoms with Crippen LogP contribution in [0, 0.1) is 0 Å². The van der Waals surface area contributed by atoms with Crippen molar-refractivity contribution in [3.05, 3.63) is 22.4 Å². The molecule has 1 unspecified atom stereocenters. The molecule has 1 atom stereocenters. The topological polar surface area (TPSA) is 136 Å². The Morgan fingerprint density at radius 1 is 1.47 bits per heavy atom. The van der Waals surface area contributed by atoms with Gasteiger partial charge in [0.15, 0.2) is 0 Å². The zero-order chi connectivity index (χ0) is 14.2. The minimum absolute atomic E-state index is 0.149. The molecule has 2 rings (SSSR count). The second-order valence-corrected chi connectivity index (χ2v) is 3.74. The number of aromatic nitrogens is 3. The first-order chi connectivity index (χ1) is 8.97. The normalized spacial score (nSPS) is 12.5. The van der Waals surface area contributed by atoms with E-state index in [9.17, 15) is 14.4 Å². The minimum atomic E-state index is -1.45. The number of hydrogen-bond acceptors (Lipinski definition) is 6. The van der Waals surface area contributed by atoms with Crippen LogP contribution >= 0.6 is 0 Å². The van der Waals surface area contributed by atoms with E-state index in [0.717, 1.165) is 10.9 Å². The molecule has 0 bridgehead atoms. The van der Waals surface area contributed by atoms with Crippen molar-refractivity contribution in [1.82, 2.24) is 14.7 Å². The molecular formula is C10H9N3O6. The molecule has 100 valence electrons. The fourth-order valence-corrected chi connectivity index (χ4v) is 1.72. The van der Waals surface area contributed by atoms with E-state index >= 15 is 0 Å². The lowest BCUT2D eigenvalue weighted by molar-refractivity contribution is -0.141. The Balaban J connectivity index is 2.75. The van der Waals surface area contributed by atoms with E-state index < -0.39 is 29.2 Å². The van der Waals surface area contributed by atoms with Crippen LogP contribution in [0.5, 0.6) is 0 Å². The Morgan fingerprint density at radius 2 is 2.16 bits per heavy atom.